The van der Waals surface area contributed by atoms with Gasteiger partial charge in [-0.05, 0) is 53.0 Å². The molecule has 0 aliphatic carbocycles. The summed E-state index contributed by atoms with van der Waals surface area (Å²) in [6.07, 6.45) is 1.78. The molecule has 0 saturated carbocycles. The van der Waals surface area contributed by atoms with E-state index in [0.29, 0.717) is 16.9 Å². The third-order valence-corrected chi connectivity index (χ3v) is 3.26. The summed E-state index contributed by atoms with van der Waals surface area (Å²) in [6, 6.07) is 9.58. The topological polar surface area (TPSA) is 54.6 Å². The molecule has 1 amide bonds. The molecule has 4 nitrogen and oxygen atoms in total. The molecular weight excluding hydrogens is 320 g/mol. The Morgan fingerprint density at radius 3 is 2.85 bits per heavy atom. The average Bonchev–Trinajstić information content (AvgIpc) is 2.80. The lowest BCUT2D eigenvalue weighted by Crippen LogP contribution is -2.20. The minimum Gasteiger partial charge on any atom is -0.448 e. The summed E-state index contributed by atoms with van der Waals surface area (Å²) in [5, 5.41) is 3.86. The fourth-order valence-corrected chi connectivity index (χ4v) is 2.09. The number of carbonyl (C=O) groups excluding carboxylic acids is 1. The lowest BCUT2D eigenvalue weighted by atomic mass is 10.0. The Hall–Kier alpha value is -1.88. The van der Waals surface area contributed by atoms with E-state index in [0.717, 1.165) is 16.7 Å². The van der Waals surface area contributed by atoms with Crippen LogP contribution in [0.3, 0.4) is 0 Å². The van der Waals surface area contributed by atoms with Gasteiger partial charge in [-0.3, -0.25) is 4.79 Å². The molecule has 0 radical (unpaired) electrons. The van der Waals surface area contributed by atoms with Crippen LogP contribution in [0.1, 0.15) is 22.5 Å². The number of hydrazone groups is 1. The molecule has 1 heterocycles. The molecule has 0 unspecified atom stereocenters. The number of aryl methyl sites for hydroxylation is 2. The molecule has 1 aromatic heterocycles. The van der Waals surface area contributed by atoms with Gasteiger partial charge < -0.3 is 4.42 Å². The van der Waals surface area contributed by atoms with Crippen molar-refractivity contribution in [2.24, 2.45) is 5.10 Å². The largest absolute Gasteiger partial charge is 0.448 e. The number of amides is 1. The van der Waals surface area contributed by atoms with Crippen molar-refractivity contribution in [1.29, 1.82) is 0 Å². The van der Waals surface area contributed by atoms with Crippen LogP contribution in [0, 0.1) is 13.8 Å². The Morgan fingerprint density at radius 1 is 1.35 bits per heavy atom. The van der Waals surface area contributed by atoms with Gasteiger partial charge in [0.05, 0.1) is 12.6 Å². The molecule has 1 N–H and O–H groups in total. The van der Waals surface area contributed by atoms with E-state index in [4.69, 9.17) is 4.42 Å². The second-order valence-electron chi connectivity index (χ2n) is 4.54. The molecule has 0 fully saturated rings. The number of rotatable bonds is 4. The van der Waals surface area contributed by atoms with Gasteiger partial charge in [-0.1, -0.05) is 23.8 Å². The van der Waals surface area contributed by atoms with Gasteiger partial charge in [0.25, 0.3) is 0 Å². The number of halogens is 1. The van der Waals surface area contributed by atoms with Gasteiger partial charge in [0, 0.05) is 0 Å². The minimum atomic E-state index is -0.152. The maximum atomic E-state index is 11.8. The minimum absolute atomic E-state index is 0.152. The lowest BCUT2D eigenvalue weighted by molar-refractivity contribution is -0.120. The molecule has 0 aliphatic heterocycles. The van der Waals surface area contributed by atoms with Crippen LogP contribution in [0.25, 0.3) is 0 Å². The second-order valence-corrected chi connectivity index (χ2v) is 5.32. The Morgan fingerprint density at radius 2 is 2.15 bits per heavy atom. The van der Waals surface area contributed by atoms with E-state index in [1.54, 1.807) is 12.1 Å². The zero-order valence-electron chi connectivity index (χ0n) is 11.3. The van der Waals surface area contributed by atoms with Gasteiger partial charge in [-0.15, -0.1) is 0 Å². The number of furan rings is 1. The molecule has 104 valence electrons. The maximum absolute atomic E-state index is 11.8. The molecule has 0 atom stereocenters. The number of nitrogens with one attached hydrogen (secondary N) is 1. The predicted molar refractivity (Wildman–Crippen MR) is 81.8 cm³/mol. The Kier molecular flexibility index (Phi) is 4.74. The SMILES string of the molecule is Cc1ccc(C)c(CC(=O)N/N=C\c2ccc(Br)o2)c1. The molecule has 0 saturated heterocycles. The zero-order valence-corrected chi connectivity index (χ0v) is 12.9. The van der Waals surface area contributed by atoms with Crippen LogP contribution >= 0.6 is 15.9 Å². The van der Waals surface area contributed by atoms with Crippen LogP contribution in [0.2, 0.25) is 0 Å². The van der Waals surface area contributed by atoms with Crippen molar-refractivity contribution in [3.63, 3.8) is 0 Å². The van der Waals surface area contributed by atoms with E-state index in [1.165, 1.54) is 6.21 Å². The highest BCUT2D eigenvalue weighted by atomic mass is 79.9. The zero-order chi connectivity index (χ0) is 14.5. The number of carbonyl (C=O) groups is 1. The van der Waals surface area contributed by atoms with Crippen LogP contribution in [0.5, 0.6) is 0 Å². The molecule has 5 heteroatoms. The molecule has 0 spiro atoms. The summed E-state index contributed by atoms with van der Waals surface area (Å²) < 4.78 is 5.86. The van der Waals surface area contributed by atoms with Crippen molar-refractivity contribution < 1.29 is 9.21 Å². The lowest BCUT2D eigenvalue weighted by Gasteiger charge is -2.05. The molecule has 0 bridgehead atoms. The van der Waals surface area contributed by atoms with Crippen molar-refractivity contribution in [2.75, 3.05) is 0 Å². The van der Waals surface area contributed by atoms with Gasteiger partial charge in [-0.25, -0.2) is 5.43 Å². The number of hydrogen-bond donors (Lipinski definition) is 1. The monoisotopic (exact) mass is 334 g/mol. The van der Waals surface area contributed by atoms with Crippen LogP contribution in [-0.2, 0) is 11.2 Å². The maximum Gasteiger partial charge on any atom is 0.244 e. The molecule has 0 aliphatic rings. The summed E-state index contributed by atoms with van der Waals surface area (Å²) in [7, 11) is 0. The van der Waals surface area contributed by atoms with E-state index >= 15 is 0 Å². The first-order valence-corrected chi connectivity index (χ1v) is 6.97. The summed E-state index contributed by atoms with van der Waals surface area (Å²) in [5.41, 5.74) is 5.75. The third kappa shape index (κ3) is 4.06. The number of benzene rings is 1. The first kappa shape index (κ1) is 14.5. The van der Waals surface area contributed by atoms with E-state index in [1.807, 2.05) is 32.0 Å². The van der Waals surface area contributed by atoms with Crippen molar-refractivity contribution in [1.82, 2.24) is 5.43 Å². The highest BCUT2D eigenvalue weighted by Crippen LogP contribution is 2.12. The van der Waals surface area contributed by atoms with E-state index in [9.17, 15) is 4.79 Å². The van der Waals surface area contributed by atoms with Gasteiger partial charge >= 0.3 is 0 Å². The summed E-state index contributed by atoms with van der Waals surface area (Å²) in [6.45, 7) is 4.00. The fourth-order valence-electron chi connectivity index (χ4n) is 1.77. The first-order chi connectivity index (χ1) is 9.54. The average molecular weight is 335 g/mol. The highest BCUT2D eigenvalue weighted by molar-refractivity contribution is 9.10. The Labute approximate surface area is 126 Å². The van der Waals surface area contributed by atoms with Gasteiger partial charge in [0.1, 0.15) is 5.76 Å². The van der Waals surface area contributed by atoms with Crippen molar-refractivity contribution >= 4 is 28.1 Å². The molecule has 1 aromatic carbocycles. The highest BCUT2D eigenvalue weighted by Gasteiger charge is 2.05. The normalized spacial score (nSPS) is 10.9. The number of hydrogen-bond acceptors (Lipinski definition) is 3. The molecule has 2 aromatic rings. The predicted octanol–water partition coefficient (Wildman–Crippen LogP) is 3.35. The van der Waals surface area contributed by atoms with E-state index in [-0.39, 0.29) is 5.91 Å². The van der Waals surface area contributed by atoms with Gasteiger partial charge in [0.15, 0.2) is 4.67 Å². The van der Waals surface area contributed by atoms with Crippen molar-refractivity contribution in [3.8, 4) is 0 Å². The van der Waals surface area contributed by atoms with Crippen LogP contribution in [0.15, 0.2) is 44.5 Å². The standard InChI is InChI=1S/C15H15BrN2O2/c1-10-3-4-11(2)12(7-10)8-15(19)18-17-9-13-5-6-14(16)20-13/h3-7,9H,8H2,1-2H3,(H,18,19)/b17-9-. The molecular formula is C15H15BrN2O2. The summed E-state index contributed by atoms with van der Waals surface area (Å²) in [4.78, 5) is 11.8. The Bertz CT molecular complexity index is 647. The van der Waals surface area contributed by atoms with E-state index in [2.05, 4.69) is 26.5 Å². The van der Waals surface area contributed by atoms with E-state index < -0.39 is 0 Å². The third-order valence-electron chi connectivity index (χ3n) is 2.83. The molecule has 2 rings (SSSR count). The van der Waals surface area contributed by atoms with Crippen LogP contribution in [-0.4, -0.2) is 12.1 Å². The molecule has 20 heavy (non-hydrogen) atoms. The van der Waals surface area contributed by atoms with Crippen molar-refractivity contribution in [3.05, 3.63) is 57.5 Å². The first-order valence-electron chi connectivity index (χ1n) is 6.18. The van der Waals surface area contributed by atoms with Crippen LogP contribution < -0.4 is 5.43 Å². The number of nitrogens with zero attached hydrogens (tertiary/aromatic N) is 1. The van der Waals surface area contributed by atoms with Crippen LogP contribution in [0.4, 0.5) is 0 Å². The smallest absolute Gasteiger partial charge is 0.244 e. The van der Waals surface area contributed by atoms with Gasteiger partial charge in [-0.2, -0.15) is 5.10 Å². The summed E-state index contributed by atoms with van der Waals surface area (Å²) in [5.74, 6) is 0.421. The second kappa shape index (κ2) is 6.52. The summed E-state index contributed by atoms with van der Waals surface area (Å²) >= 11 is 3.20. The Balaban J connectivity index is 1.92. The van der Waals surface area contributed by atoms with Gasteiger partial charge in [0.2, 0.25) is 5.91 Å². The quantitative estimate of drug-likeness (QED) is 0.688. The fraction of sp³-hybridized carbons (Fsp3) is 0.200. The van der Waals surface area contributed by atoms with Crippen molar-refractivity contribution in [2.45, 2.75) is 20.3 Å².